The molecule has 0 atom stereocenters. The fraction of sp³-hybridized carbons (Fsp3) is 0.389. The minimum Gasteiger partial charge on any atom is -0.480 e. The molecule has 7 nitrogen and oxygen atoms in total. The van der Waals surface area contributed by atoms with Gasteiger partial charge in [0.2, 0.25) is 0 Å². The van der Waals surface area contributed by atoms with E-state index in [1.54, 1.807) is 18.2 Å². The number of carbonyl (C=O) groups excluding carboxylic acids is 1. The van der Waals surface area contributed by atoms with Crippen LogP contribution in [0, 0.1) is 5.92 Å². The number of aliphatic hydroxyl groups excluding tert-OH is 1. The Kier molecular flexibility index (Phi) is 7.81. The predicted octanol–water partition coefficient (Wildman–Crippen LogP) is 1.69. The number of anilines is 1. The molecule has 0 saturated heterocycles. The Bertz CT molecular complexity index is 781. The molecule has 0 bridgehead atoms. The first-order valence-electron chi connectivity index (χ1n) is 7.82. The monoisotopic (exact) mass is 349 g/mol. The standard InChI is InChI=1S/C17H19NO5.CH4O/c1-11(2)7-12-8-17(22)23-15-9-13(3-4-14(12)15)18(5-6-19)10-16(20)21;1-2/h3-4,6,8-9,11H,5,7,10H2,1-2H3,(H,20,21);2H,1H3. The highest BCUT2D eigenvalue weighted by molar-refractivity contribution is 5.85. The van der Waals surface area contributed by atoms with Crippen molar-refractivity contribution < 1.29 is 24.2 Å². The maximum Gasteiger partial charge on any atom is 0.336 e. The number of benzene rings is 1. The van der Waals surface area contributed by atoms with Gasteiger partial charge in [-0.1, -0.05) is 13.8 Å². The van der Waals surface area contributed by atoms with Gasteiger partial charge in [0.05, 0.1) is 6.54 Å². The Morgan fingerprint density at radius 3 is 2.52 bits per heavy atom. The van der Waals surface area contributed by atoms with E-state index in [-0.39, 0.29) is 13.1 Å². The van der Waals surface area contributed by atoms with Crippen LogP contribution in [-0.2, 0) is 16.0 Å². The maximum atomic E-state index is 11.7. The molecule has 0 saturated carbocycles. The summed E-state index contributed by atoms with van der Waals surface area (Å²) in [6.07, 6.45) is 1.38. The maximum absolute atomic E-state index is 11.7. The lowest BCUT2D eigenvalue weighted by Crippen LogP contribution is -2.31. The van der Waals surface area contributed by atoms with E-state index in [0.717, 1.165) is 24.5 Å². The van der Waals surface area contributed by atoms with E-state index >= 15 is 0 Å². The number of fused-ring (bicyclic) bond motifs is 1. The Balaban J connectivity index is 0.00000151. The van der Waals surface area contributed by atoms with Gasteiger partial charge in [0.25, 0.3) is 0 Å². The number of aliphatic carboxylic acids is 1. The Morgan fingerprint density at radius 2 is 1.96 bits per heavy atom. The molecule has 1 aromatic carbocycles. The largest absolute Gasteiger partial charge is 0.480 e. The van der Waals surface area contributed by atoms with E-state index < -0.39 is 11.6 Å². The number of aldehydes is 1. The predicted molar refractivity (Wildman–Crippen MR) is 95.1 cm³/mol. The van der Waals surface area contributed by atoms with Crippen LogP contribution in [0.25, 0.3) is 11.0 Å². The third kappa shape index (κ3) is 5.72. The minimum atomic E-state index is -1.04. The quantitative estimate of drug-likeness (QED) is 0.578. The third-order valence-electron chi connectivity index (χ3n) is 3.43. The Morgan fingerprint density at radius 1 is 1.28 bits per heavy atom. The van der Waals surface area contributed by atoms with Crippen LogP contribution in [0.3, 0.4) is 0 Å². The van der Waals surface area contributed by atoms with Crippen molar-refractivity contribution >= 4 is 28.9 Å². The summed E-state index contributed by atoms with van der Waals surface area (Å²) in [5, 5.41) is 16.8. The van der Waals surface area contributed by atoms with Crippen molar-refractivity contribution in [2.24, 2.45) is 5.92 Å². The molecule has 1 aromatic heterocycles. The lowest BCUT2D eigenvalue weighted by Gasteiger charge is -2.20. The van der Waals surface area contributed by atoms with Crippen LogP contribution in [0.15, 0.2) is 33.5 Å². The first-order valence-corrected chi connectivity index (χ1v) is 7.82. The molecule has 25 heavy (non-hydrogen) atoms. The Labute approximate surface area is 145 Å². The van der Waals surface area contributed by atoms with E-state index in [1.807, 2.05) is 0 Å². The summed E-state index contributed by atoms with van der Waals surface area (Å²) in [6.45, 7) is 3.77. The molecule has 1 heterocycles. The molecular weight excluding hydrogens is 326 g/mol. The molecular formula is C18H23NO6. The van der Waals surface area contributed by atoms with E-state index in [9.17, 15) is 14.4 Å². The molecule has 2 aromatic rings. The van der Waals surface area contributed by atoms with Crippen LogP contribution in [0.5, 0.6) is 0 Å². The Hall–Kier alpha value is -2.67. The van der Waals surface area contributed by atoms with Crippen molar-refractivity contribution in [3.8, 4) is 0 Å². The topological polar surface area (TPSA) is 108 Å². The van der Waals surface area contributed by atoms with Crippen LogP contribution >= 0.6 is 0 Å². The van der Waals surface area contributed by atoms with Gasteiger partial charge in [0, 0.05) is 30.3 Å². The summed E-state index contributed by atoms with van der Waals surface area (Å²) in [5.74, 6) is -0.653. The molecule has 0 aliphatic rings. The molecule has 7 heteroatoms. The van der Waals surface area contributed by atoms with Crippen molar-refractivity contribution in [2.45, 2.75) is 20.3 Å². The highest BCUT2D eigenvalue weighted by Crippen LogP contribution is 2.25. The average Bonchev–Trinajstić information content (AvgIpc) is 2.54. The molecule has 136 valence electrons. The van der Waals surface area contributed by atoms with Gasteiger partial charge >= 0.3 is 11.6 Å². The van der Waals surface area contributed by atoms with Crippen molar-refractivity contribution in [3.05, 3.63) is 40.2 Å². The second kappa shape index (κ2) is 9.58. The van der Waals surface area contributed by atoms with Crippen molar-refractivity contribution in [2.75, 3.05) is 25.1 Å². The number of rotatable bonds is 7. The lowest BCUT2D eigenvalue weighted by atomic mass is 10.00. The van der Waals surface area contributed by atoms with E-state index in [2.05, 4.69) is 13.8 Å². The van der Waals surface area contributed by atoms with Gasteiger partial charge < -0.3 is 24.3 Å². The van der Waals surface area contributed by atoms with Crippen molar-refractivity contribution in [3.63, 3.8) is 0 Å². The summed E-state index contributed by atoms with van der Waals surface area (Å²) in [4.78, 5) is 34.8. The number of aliphatic hydroxyl groups is 1. The SMILES string of the molecule is CC(C)Cc1cc(=O)oc2cc(N(CC=O)CC(=O)O)ccc12.CO. The summed E-state index contributed by atoms with van der Waals surface area (Å²) in [5.41, 5.74) is 1.38. The molecule has 0 amide bonds. The van der Waals surface area contributed by atoms with Crippen LogP contribution in [0.2, 0.25) is 0 Å². The fourth-order valence-corrected chi connectivity index (χ4v) is 2.54. The van der Waals surface area contributed by atoms with Gasteiger partial charge in [-0.05, 0) is 30.0 Å². The second-order valence-corrected chi connectivity index (χ2v) is 5.81. The number of carboxylic acid groups (broad SMARTS) is 1. The molecule has 0 fully saturated rings. The normalized spacial score (nSPS) is 10.3. The third-order valence-corrected chi connectivity index (χ3v) is 3.43. The van der Waals surface area contributed by atoms with Gasteiger partial charge in [-0.2, -0.15) is 0 Å². The molecule has 0 aliphatic heterocycles. The molecule has 2 rings (SSSR count). The van der Waals surface area contributed by atoms with Gasteiger partial charge in [-0.25, -0.2) is 4.79 Å². The van der Waals surface area contributed by atoms with E-state index in [0.29, 0.717) is 23.5 Å². The molecule has 0 spiro atoms. The summed E-state index contributed by atoms with van der Waals surface area (Å²) < 4.78 is 5.24. The fourth-order valence-electron chi connectivity index (χ4n) is 2.54. The lowest BCUT2D eigenvalue weighted by molar-refractivity contribution is -0.135. The molecule has 0 unspecified atom stereocenters. The summed E-state index contributed by atoms with van der Waals surface area (Å²) >= 11 is 0. The highest BCUT2D eigenvalue weighted by atomic mass is 16.4. The van der Waals surface area contributed by atoms with Crippen molar-refractivity contribution in [1.29, 1.82) is 0 Å². The first-order chi connectivity index (χ1) is 11.9. The van der Waals surface area contributed by atoms with Crippen LogP contribution in [-0.4, -0.2) is 42.7 Å². The number of carbonyl (C=O) groups is 2. The zero-order valence-electron chi connectivity index (χ0n) is 14.6. The number of hydrogen-bond donors (Lipinski definition) is 2. The second-order valence-electron chi connectivity index (χ2n) is 5.81. The van der Waals surface area contributed by atoms with Gasteiger partial charge in [0.15, 0.2) is 0 Å². The number of carboxylic acids is 1. The van der Waals surface area contributed by atoms with E-state index in [1.165, 1.54) is 11.0 Å². The number of hydrogen-bond acceptors (Lipinski definition) is 6. The van der Waals surface area contributed by atoms with Crippen molar-refractivity contribution in [1.82, 2.24) is 0 Å². The first kappa shape index (κ1) is 20.4. The summed E-state index contributed by atoms with van der Waals surface area (Å²) in [6, 6.07) is 6.62. The van der Waals surface area contributed by atoms with Gasteiger partial charge in [-0.3, -0.25) is 4.79 Å². The van der Waals surface area contributed by atoms with E-state index in [4.69, 9.17) is 14.6 Å². The highest BCUT2D eigenvalue weighted by Gasteiger charge is 2.13. The van der Waals surface area contributed by atoms with Crippen LogP contribution in [0.1, 0.15) is 19.4 Å². The summed E-state index contributed by atoms with van der Waals surface area (Å²) in [7, 11) is 1.00. The molecule has 2 N–H and O–H groups in total. The average molecular weight is 349 g/mol. The minimum absolute atomic E-state index is 0.0479. The van der Waals surface area contributed by atoms with Gasteiger partial charge in [-0.15, -0.1) is 0 Å². The van der Waals surface area contributed by atoms with Crippen LogP contribution in [0.4, 0.5) is 5.69 Å². The zero-order valence-corrected chi connectivity index (χ0v) is 14.6. The molecule has 0 aliphatic carbocycles. The number of nitrogens with zero attached hydrogens (tertiary/aromatic N) is 1. The van der Waals surface area contributed by atoms with Gasteiger partial charge in [0.1, 0.15) is 18.4 Å². The zero-order chi connectivity index (χ0) is 19.0. The molecule has 0 radical (unpaired) electrons. The van der Waals surface area contributed by atoms with Crippen LogP contribution < -0.4 is 10.5 Å². The smallest absolute Gasteiger partial charge is 0.336 e.